The number of amides is 1. The summed E-state index contributed by atoms with van der Waals surface area (Å²) >= 11 is 1.68. The van der Waals surface area contributed by atoms with Crippen molar-refractivity contribution in [2.75, 3.05) is 0 Å². The van der Waals surface area contributed by atoms with E-state index in [1.807, 2.05) is 42.1 Å². The van der Waals surface area contributed by atoms with Crippen molar-refractivity contribution in [3.8, 4) is 21.9 Å². The average Bonchev–Trinajstić information content (AvgIpc) is 3.34. The van der Waals surface area contributed by atoms with E-state index < -0.39 is 5.91 Å². The highest BCUT2D eigenvalue weighted by Crippen LogP contribution is 2.32. The largest absolute Gasteiger partial charge is 0.366 e. The normalized spacial score (nSPS) is 10.9. The smallest absolute Gasteiger partial charge is 0.248 e. The zero-order valence-electron chi connectivity index (χ0n) is 13.6. The molecule has 6 heteroatoms. The number of imidazole rings is 1. The molecule has 0 spiro atoms. The fourth-order valence-electron chi connectivity index (χ4n) is 2.88. The summed E-state index contributed by atoms with van der Waals surface area (Å²) < 4.78 is 4.11. The molecule has 0 unspecified atom stereocenters. The van der Waals surface area contributed by atoms with E-state index in [0.717, 1.165) is 27.5 Å². The van der Waals surface area contributed by atoms with E-state index in [1.54, 1.807) is 29.9 Å². The van der Waals surface area contributed by atoms with Gasteiger partial charge in [0.1, 0.15) is 0 Å². The van der Waals surface area contributed by atoms with E-state index in [0.29, 0.717) is 5.56 Å². The second kappa shape index (κ2) is 6.07. The van der Waals surface area contributed by atoms with Gasteiger partial charge in [-0.1, -0.05) is 0 Å². The van der Waals surface area contributed by atoms with Gasteiger partial charge in [0.05, 0.1) is 22.6 Å². The van der Waals surface area contributed by atoms with Gasteiger partial charge in [-0.25, -0.2) is 4.98 Å². The van der Waals surface area contributed by atoms with E-state index in [2.05, 4.69) is 27.1 Å². The van der Waals surface area contributed by atoms with Crippen LogP contribution in [0.15, 0.2) is 66.7 Å². The van der Waals surface area contributed by atoms with Gasteiger partial charge < -0.3 is 14.9 Å². The summed E-state index contributed by atoms with van der Waals surface area (Å²) in [6.07, 6.45) is 7.51. The van der Waals surface area contributed by atoms with Crippen LogP contribution in [0.2, 0.25) is 0 Å². The average molecular weight is 348 g/mol. The molecule has 0 aliphatic carbocycles. The van der Waals surface area contributed by atoms with Crippen LogP contribution in [0.4, 0.5) is 0 Å². The van der Waals surface area contributed by atoms with Gasteiger partial charge in [0, 0.05) is 35.2 Å². The lowest BCUT2D eigenvalue weighted by Gasteiger charge is -2.12. The Morgan fingerprint density at radius 1 is 1.20 bits per heavy atom. The monoisotopic (exact) mass is 348 g/mol. The van der Waals surface area contributed by atoms with Gasteiger partial charge in [-0.3, -0.25) is 4.79 Å². The summed E-state index contributed by atoms with van der Waals surface area (Å²) in [7, 11) is 0. The van der Waals surface area contributed by atoms with Crippen molar-refractivity contribution in [1.82, 2.24) is 14.1 Å². The van der Waals surface area contributed by atoms with Gasteiger partial charge in [0.15, 0.2) is 0 Å². The maximum atomic E-state index is 11.4. The summed E-state index contributed by atoms with van der Waals surface area (Å²) in [6.45, 7) is 1.98. The Morgan fingerprint density at radius 2 is 2.08 bits per heavy atom. The highest BCUT2D eigenvalue weighted by atomic mass is 32.1. The quantitative estimate of drug-likeness (QED) is 0.609. The molecule has 0 atom stereocenters. The number of thiophene rings is 1. The van der Waals surface area contributed by atoms with Gasteiger partial charge in [-0.05, 0) is 48.9 Å². The van der Waals surface area contributed by atoms with E-state index in [-0.39, 0.29) is 0 Å². The molecule has 0 aliphatic heterocycles. The summed E-state index contributed by atoms with van der Waals surface area (Å²) in [5.74, 6) is -0.411. The van der Waals surface area contributed by atoms with E-state index in [1.165, 1.54) is 0 Å². The summed E-state index contributed by atoms with van der Waals surface area (Å²) in [4.78, 5) is 16.6. The van der Waals surface area contributed by atoms with Gasteiger partial charge in [-0.15, -0.1) is 11.3 Å². The van der Waals surface area contributed by atoms with Crippen molar-refractivity contribution < 1.29 is 4.79 Å². The summed E-state index contributed by atoms with van der Waals surface area (Å²) in [6, 6.07) is 11.8. The van der Waals surface area contributed by atoms with Crippen molar-refractivity contribution in [3.05, 3.63) is 77.8 Å². The maximum absolute atomic E-state index is 11.4. The molecular weight excluding hydrogens is 332 g/mol. The van der Waals surface area contributed by atoms with E-state index >= 15 is 0 Å². The number of nitrogens with two attached hydrogens (primary N) is 1. The molecule has 4 rings (SSSR count). The first-order chi connectivity index (χ1) is 12.1. The van der Waals surface area contributed by atoms with E-state index in [9.17, 15) is 4.79 Å². The van der Waals surface area contributed by atoms with Crippen LogP contribution in [0, 0.1) is 6.92 Å². The third kappa shape index (κ3) is 2.77. The minimum Gasteiger partial charge on any atom is -0.366 e. The molecule has 25 heavy (non-hydrogen) atoms. The Morgan fingerprint density at radius 3 is 2.80 bits per heavy atom. The number of aromatic nitrogens is 3. The van der Waals surface area contributed by atoms with Crippen LogP contribution >= 0.6 is 11.3 Å². The van der Waals surface area contributed by atoms with Crippen molar-refractivity contribution in [2.45, 2.75) is 6.92 Å². The number of benzene rings is 1. The Bertz CT molecular complexity index is 1040. The van der Waals surface area contributed by atoms with Crippen LogP contribution in [0.5, 0.6) is 0 Å². The molecule has 3 heterocycles. The lowest BCUT2D eigenvalue weighted by molar-refractivity contribution is 0.1000. The van der Waals surface area contributed by atoms with Crippen molar-refractivity contribution in [3.63, 3.8) is 0 Å². The Balaban J connectivity index is 1.76. The SMILES string of the molecule is Cc1cc(C(N)=O)ccc1-n1cccc1-c1cc(-n2ccnc2)cs1. The number of hydrogen-bond acceptors (Lipinski definition) is 3. The van der Waals surface area contributed by atoms with Gasteiger partial charge in [-0.2, -0.15) is 0 Å². The number of aryl methyl sites for hydroxylation is 1. The number of carbonyl (C=O) groups excluding carboxylic acids is 1. The highest BCUT2D eigenvalue weighted by molar-refractivity contribution is 7.13. The summed E-state index contributed by atoms with van der Waals surface area (Å²) in [5.41, 5.74) is 10.1. The zero-order chi connectivity index (χ0) is 17.4. The molecule has 2 N–H and O–H groups in total. The van der Waals surface area contributed by atoms with Crippen molar-refractivity contribution in [2.24, 2.45) is 5.73 Å². The first kappa shape index (κ1) is 15.4. The predicted molar refractivity (Wildman–Crippen MR) is 99.5 cm³/mol. The zero-order valence-corrected chi connectivity index (χ0v) is 14.4. The first-order valence-corrected chi connectivity index (χ1v) is 8.67. The minimum atomic E-state index is -0.411. The molecule has 0 fully saturated rings. The summed E-state index contributed by atoms with van der Waals surface area (Å²) in [5, 5.41) is 2.11. The van der Waals surface area contributed by atoms with Crippen LogP contribution in [-0.4, -0.2) is 20.0 Å². The lowest BCUT2D eigenvalue weighted by atomic mass is 10.1. The number of rotatable bonds is 4. The maximum Gasteiger partial charge on any atom is 0.248 e. The van der Waals surface area contributed by atoms with Crippen LogP contribution in [0.3, 0.4) is 0 Å². The number of nitrogens with zero attached hydrogens (tertiary/aromatic N) is 3. The Hall–Kier alpha value is -3.12. The minimum absolute atomic E-state index is 0.411. The van der Waals surface area contributed by atoms with Crippen LogP contribution < -0.4 is 5.73 Å². The molecule has 5 nitrogen and oxygen atoms in total. The topological polar surface area (TPSA) is 65.8 Å². The highest BCUT2D eigenvalue weighted by Gasteiger charge is 2.12. The molecule has 124 valence electrons. The third-order valence-corrected chi connectivity index (χ3v) is 5.07. The van der Waals surface area contributed by atoms with Crippen LogP contribution in [0.25, 0.3) is 21.9 Å². The molecule has 0 saturated carbocycles. The first-order valence-electron chi connectivity index (χ1n) is 7.79. The number of carbonyl (C=O) groups is 1. The molecule has 1 aromatic carbocycles. The Kier molecular flexibility index (Phi) is 3.74. The Labute approximate surface area is 149 Å². The van der Waals surface area contributed by atoms with Gasteiger partial charge in [0.25, 0.3) is 0 Å². The molecule has 0 aliphatic rings. The number of hydrogen-bond donors (Lipinski definition) is 1. The fourth-order valence-corrected chi connectivity index (χ4v) is 3.79. The molecule has 3 aromatic heterocycles. The van der Waals surface area contributed by atoms with Gasteiger partial charge >= 0.3 is 0 Å². The van der Waals surface area contributed by atoms with Gasteiger partial charge in [0.2, 0.25) is 5.91 Å². The lowest BCUT2D eigenvalue weighted by Crippen LogP contribution is -2.11. The van der Waals surface area contributed by atoms with Crippen LogP contribution in [-0.2, 0) is 0 Å². The molecule has 1 amide bonds. The molecule has 0 saturated heterocycles. The second-order valence-electron chi connectivity index (χ2n) is 5.77. The van der Waals surface area contributed by atoms with Crippen LogP contribution in [0.1, 0.15) is 15.9 Å². The molecular formula is C19H16N4OS. The molecule has 0 radical (unpaired) electrons. The second-order valence-corrected chi connectivity index (χ2v) is 6.68. The fraction of sp³-hybridized carbons (Fsp3) is 0.0526. The predicted octanol–water partition coefficient (Wildman–Crippen LogP) is 3.80. The van der Waals surface area contributed by atoms with E-state index in [4.69, 9.17) is 5.73 Å². The number of primary amides is 1. The third-order valence-electron chi connectivity index (χ3n) is 4.13. The standard InChI is InChI=1S/C19H16N4OS/c1-13-9-14(19(20)24)4-5-16(13)23-7-2-3-17(23)18-10-15(11-25-18)22-8-6-21-12-22/h2-12H,1H3,(H2,20,24). The molecule has 0 bridgehead atoms. The molecule has 4 aromatic rings. The van der Waals surface area contributed by atoms with Crippen molar-refractivity contribution in [1.29, 1.82) is 0 Å². The van der Waals surface area contributed by atoms with Crippen molar-refractivity contribution >= 4 is 17.2 Å².